The number of ether oxygens (including phenoxy) is 1. The highest BCUT2D eigenvalue weighted by Crippen LogP contribution is 2.40. The zero-order valence-corrected chi connectivity index (χ0v) is 32.9. The van der Waals surface area contributed by atoms with Crippen molar-refractivity contribution < 1.29 is 50.1 Å². The minimum atomic E-state index is -4.84. The summed E-state index contributed by atoms with van der Waals surface area (Å²) in [6.07, 6.45) is -4.39. The number of nitriles is 1. The Hall–Kier alpha value is -5.71. The molecule has 13 nitrogen and oxygen atoms in total. The van der Waals surface area contributed by atoms with Gasteiger partial charge in [-0.1, -0.05) is 0 Å². The number of anilines is 4. The van der Waals surface area contributed by atoms with E-state index in [0.29, 0.717) is 61.8 Å². The molecular weight excluding hydrogens is 800 g/mol. The van der Waals surface area contributed by atoms with Gasteiger partial charge < -0.3 is 20.3 Å². The third-order valence-corrected chi connectivity index (χ3v) is 10.7. The zero-order valence-electron chi connectivity index (χ0n) is 32.1. The first-order valence-corrected chi connectivity index (χ1v) is 19.2. The van der Waals surface area contributed by atoms with Gasteiger partial charge in [0.1, 0.15) is 29.8 Å². The third-order valence-electron chi connectivity index (χ3n) is 10.3. The molecule has 1 unspecified atom stereocenters. The van der Waals surface area contributed by atoms with E-state index in [1.807, 2.05) is 4.90 Å². The molecule has 318 valence electrons. The number of aryl methyl sites for hydroxylation is 1. The fraction of sp³-hybridized carbons (Fsp3) is 0.400. The van der Waals surface area contributed by atoms with Gasteiger partial charge in [-0.3, -0.25) is 43.6 Å². The smallest absolute Gasteiger partial charge is 0.417 e. The van der Waals surface area contributed by atoms with E-state index in [-0.39, 0.29) is 52.7 Å². The molecule has 0 spiro atoms. The second-order valence-electron chi connectivity index (χ2n) is 14.7. The molecule has 3 aromatic rings. The Labute approximate surface area is 346 Å². The molecule has 0 bridgehead atoms. The van der Waals surface area contributed by atoms with Gasteiger partial charge in [0.05, 0.1) is 41.8 Å². The number of amides is 4. The average Bonchev–Trinajstić information content (AvgIpc) is 3.36. The van der Waals surface area contributed by atoms with Crippen molar-refractivity contribution in [3.63, 3.8) is 0 Å². The van der Waals surface area contributed by atoms with Gasteiger partial charge in [0.2, 0.25) is 17.7 Å². The summed E-state index contributed by atoms with van der Waals surface area (Å²) in [7, 11) is 0. The lowest BCUT2D eigenvalue weighted by molar-refractivity contribution is -0.138. The number of alkyl halides is 4. The highest BCUT2D eigenvalue weighted by Gasteiger charge is 2.51. The minimum absolute atomic E-state index is 0. The van der Waals surface area contributed by atoms with Gasteiger partial charge in [-0.2, -0.15) is 18.4 Å². The van der Waals surface area contributed by atoms with Crippen LogP contribution in [0.25, 0.3) is 0 Å². The van der Waals surface area contributed by atoms with Crippen molar-refractivity contribution in [1.29, 1.82) is 5.26 Å². The van der Waals surface area contributed by atoms with E-state index in [1.54, 1.807) is 32.0 Å². The van der Waals surface area contributed by atoms with Crippen LogP contribution in [0.2, 0.25) is 0 Å². The maximum atomic E-state index is 14.6. The Morgan fingerprint density at radius 3 is 2.42 bits per heavy atom. The number of hydrogen-bond acceptors (Lipinski definition) is 10. The van der Waals surface area contributed by atoms with Crippen molar-refractivity contribution in [3.05, 3.63) is 77.1 Å². The summed E-state index contributed by atoms with van der Waals surface area (Å²) < 4.78 is 75.7. The number of rotatable bonds is 13. The van der Waals surface area contributed by atoms with Crippen molar-refractivity contribution >= 4 is 63.7 Å². The fourth-order valence-electron chi connectivity index (χ4n) is 7.19. The number of benzene rings is 3. The number of hydrogen-bond donors (Lipinski definition) is 3. The molecule has 6 rings (SSSR count). The van der Waals surface area contributed by atoms with E-state index in [0.717, 1.165) is 17.0 Å². The van der Waals surface area contributed by atoms with Crippen molar-refractivity contribution in [2.45, 2.75) is 50.9 Å². The maximum Gasteiger partial charge on any atom is 0.417 e. The summed E-state index contributed by atoms with van der Waals surface area (Å²) in [4.78, 5) is 56.6. The molecule has 4 amide bonds. The number of piperidine rings is 1. The number of imide groups is 1. The van der Waals surface area contributed by atoms with Crippen molar-refractivity contribution in [3.8, 4) is 11.8 Å². The molecule has 1 atom stereocenters. The van der Waals surface area contributed by atoms with Gasteiger partial charge >= 0.3 is 6.18 Å². The Balaban J connectivity index is 0.00000341. The van der Waals surface area contributed by atoms with Crippen LogP contribution in [0.4, 0.5) is 44.7 Å². The van der Waals surface area contributed by atoms with Crippen molar-refractivity contribution in [1.82, 2.24) is 15.1 Å². The fourth-order valence-corrected chi connectivity index (χ4v) is 7.72. The van der Waals surface area contributed by atoms with Crippen molar-refractivity contribution in [2.75, 3.05) is 73.0 Å². The van der Waals surface area contributed by atoms with E-state index >= 15 is 0 Å². The lowest BCUT2D eigenvalue weighted by Gasteiger charge is -2.34. The first-order chi connectivity index (χ1) is 28.0. The predicted octanol–water partition coefficient (Wildman–Crippen LogP) is 5.74. The van der Waals surface area contributed by atoms with Crippen LogP contribution < -0.4 is 30.5 Å². The molecule has 3 aromatic carbocycles. The molecule has 3 heterocycles. The molecule has 3 aliphatic heterocycles. The number of halogens is 5. The third kappa shape index (κ3) is 9.61. The molecule has 19 heteroatoms. The van der Waals surface area contributed by atoms with Crippen LogP contribution in [-0.4, -0.2) is 103 Å². The SMILES string of the molecule is CC1(C)C(=O)N(c2ccc(C#N)c(C(F)(F)F)c2)C(=S)N1c1ccc(OCCN2CCN(CC(=O)Nc3cc(NC4CCC(=O)NC4=O)ccc3F)CC2)c(CCF)c1.[HH].[HH].[HH]. The number of carbonyl (C=O) groups excluding carboxylic acids is 4. The molecule has 0 aromatic heterocycles. The number of thiocarbonyl (C=S) groups is 1. The Morgan fingerprint density at radius 2 is 1.75 bits per heavy atom. The summed E-state index contributed by atoms with van der Waals surface area (Å²) >= 11 is 5.65. The summed E-state index contributed by atoms with van der Waals surface area (Å²) in [5.74, 6) is -2.06. The summed E-state index contributed by atoms with van der Waals surface area (Å²) in [5, 5.41) is 16.9. The van der Waals surface area contributed by atoms with Crippen LogP contribution >= 0.6 is 12.2 Å². The second kappa shape index (κ2) is 17.6. The Bertz CT molecular complexity index is 2210. The van der Waals surface area contributed by atoms with E-state index in [2.05, 4.69) is 20.9 Å². The standard InChI is InChI=1S/C40H41F5N8O5S.3H2/c1-39(2)37(57)52(27-5-3-25(22-46)29(21-27)40(43,44)45)38(59)53(39)28-6-9-33(24(19-28)11-12-41)58-18-17-50-13-15-51(16-14-50)23-35(55)48-32-20-26(4-7-30(32)42)47-31-8-10-34(54)49-36(31)56;;;/h3-7,9,19-21,31,47H,8,10-18,23H2,1-2H3,(H,48,55)(H,49,54,56);3*1H. The predicted molar refractivity (Wildman–Crippen MR) is 218 cm³/mol. The van der Waals surface area contributed by atoms with E-state index in [9.17, 15) is 46.4 Å². The lowest BCUT2D eigenvalue weighted by Crippen LogP contribution is -2.49. The number of nitrogens with one attached hydrogen (secondary N) is 3. The first-order valence-electron chi connectivity index (χ1n) is 18.8. The maximum absolute atomic E-state index is 14.6. The van der Waals surface area contributed by atoms with Gasteiger partial charge in [0.25, 0.3) is 5.91 Å². The minimum Gasteiger partial charge on any atom is -0.492 e. The number of piperazine rings is 1. The van der Waals surface area contributed by atoms with E-state index in [4.69, 9.17) is 17.0 Å². The molecular formula is C40H47F5N8O5S. The van der Waals surface area contributed by atoms with Gasteiger partial charge in [0, 0.05) is 61.2 Å². The van der Waals surface area contributed by atoms with Gasteiger partial charge in [0.15, 0.2) is 5.11 Å². The summed E-state index contributed by atoms with van der Waals surface area (Å²) in [6.45, 7) is 5.56. The number of carbonyl (C=O) groups is 4. The lowest BCUT2D eigenvalue weighted by atomic mass is 10.0. The highest BCUT2D eigenvalue weighted by atomic mass is 32.1. The molecule has 3 fully saturated rings. The van der Waals surface area contributed by atoms with Crippen LogP contribution in [0.15, 0.2) is 54.6 Å². The Kier molecular flexibility index (Phi) is 12.8. The highest BCUT2D eigenvalue weighted by molar-refractivity contribution is 7.81. The molecule has 0 radical (unpaired) electrons. The summed E-state index contributed by atoms with van der Waals surface area (Å²) in [6, 6.07) is 12.7. The molecule has 0 aliphatic carbocycles. The van der Waals surface area contributed by atoms with Crippen LogP contribution in [0.1, 0.15) is 47.7 Å². The quantitative estimate of drug-likeness (QED) is 0.110. The van der Waals surface area contributed by atoms with Crippen LogP contribution in [0, 0.1) is 17.1 Å². The molecule has 3 saturated heterocycles. The number of nitrogens with zero attached hydrogens (tertiary/aromatic N) is 5. The molecule has 3 N–H and O–H groups in total. The van der Waals surface area contributed by atoms with E-state index in [1.165, 1.54) is 35.2 Å². The Morgan fingerprint density at radius 1 is 1.03 bits per heavy atom. The zero-order chi connectivity index (χ0) is 42.6. The van der Waals surface area contributed by atoms with Crippen LogP contribution in [-0.2, 0) is 31.8 Å². The molecule has 59 heavy (non-hydrogen) atoms. The van der Waals surface area contributed by atoms with Gasteiger partial charge in [-0.15, -0.1) is 0 Å². The van der Waals surface area contributed by atoms with Crippen molar-refractivity contribution in [2.24, 2.45) is 0 Å². The van der Waals surface area contributed by atoms with Crippen LogP contribution in [0.3, 0.4) is 0 Å². The first kappa shape index (κ1) is 42.9. The monoisotopic (exact) mass is 846 g/mol. The second-order valence-corrected chi connectivity index (χ2v) is 15.1. The van der Waals surface area contributed by atoms with Crippen LogP contribution in [0.5, 0.6) is 5.75 Å². The average molecular weight is 847 g/mol. The normalized spacial score (nSPS) is 18.8. The van der Waals surface area contributed by atoms with Gasteiger partial charge in [-0.25, -0.2) is 4.39 Å². The topological polar surface area (TPSA) is 150 Å². The van der Waals surface area contributed by atoms with E-state index < -0.39 is 59.1 Å². The van der Waals surface area contributed by atoms with Gasteiger partial charge in [-0.05, 0) is 92.6 Å². The molecule has 0 saturated carbocycles. The summed E-state index contributed by atoms with van der Waals surface area (Å²) in [5.41, 5.74) is -1.98. The largest absolute Gasteiger partial charge is 0.492 e. The molecule has 3 aliphatic rings.